The van der Waals surface area contributed by atoms with Crippen LogP contribution < -0.4 is 0 Å². The normalized spacial score (nSPS) is 10.8. The first-order chi connectivity index (χ1) is 8.67. The van der Waals surface area contributed by atoms with Crippen LogP contribution in [-0.4, -0.2) is 47.1 Å². The monoisotopic (exact) mass is 251 g/mol. The van der Waals surface area contributed by atoms with Gasteiger partial charge in [0.25, 0.3) is 0 Å². The molecule has 100 valence electrons. The van der Waals surface area contributed by atoms with Crippen LogP contribution >= 0.6 is 0 Å². The molecule has 0 aliphatic carbocycles. The van der Waals surface area contributed by atoms with Crippen LogP contribution in [0.25, 0.3) is 0 Å². The summed E-state index contributed by atoms with van der Waals surface area (Å²) in [6.45, 7) is 3.81. The van der Waals surface area contributed by atoms with E-state index in [4.69, 9.17) is 10.2 Å². The van der Waals surface area contributed by atoms with Gasteiger partial charge in [0.05, 0.1) is 13.2 Å². The molecular formula is C14H21NO3. The SMILES string of the molecule is CCCCN(CCO)CC(=O)c1ccc(O)cc1. The van der Waals surface area contributed by atoms with Crippen molar-refractivity contribution in [3.63, 3.8) is 0 Å². The maximum Gasteiger partial charge on any atom is 0.176 e. The smallest absolute Gasteiger partial charge is 0.176 e. The molecule has 0 amide bonds. The van der Waals surface area contributed by atoms with Crippen LogP contribution in [0, 0.1) is 0 Å². The summed E-state index contributed by atoms with van der Waals surface area (Å²) in [7, 11) is 0. The Kier molecular flexibility index (Phi) is 6.39. The van der Waals surface area contributed by atoms with Crippen molar-refractivity contribution in [2.75, 3.05) is 26.2 Å². The summed E-state index contributed by atoms with van der Waals surface area (Å²) in [5, 5.41) is 18.1. The van der Waals surface area contributed by atoms with Crippen LogP contribution in [0.5, 0.6) is 5.75 Å². The van der Waals surface area contributed by atoms with E-state index in [1.54, 1.807) is 12.1 Å². The lowest BCUT2D eigenvalue weighted by atomic mass is 10.1. The third-order valence-corrected chi connectivity index (χ3v) is 2.80. The van der Waals surface area contributed by atoms with Gasteiger partial charge in [-0.15, -0.1) is 0 Å². The van der Waals surface area contributed by atoms with Gasteiger partial charge in [-0.1, -0.05) is 13.3 Å². The van der Waals surface area contributed by atoms with Gasteiger partial charge >= 0.3 is 0 Å². The Morgan fingerprint density at radius 2 is 1.89 bits per heavy atom. The second-order valence-corrected chi connectivity index (χ2v) is 4.32. The molecule has 0 bridgehead atoms. The summed E-state index contributed by atoms with van der Waals surface area (Å²) in [4.78, 5) is 14.0. The lowest BCUT2D eigenvalue weighted by molar-refractivity contribution is 0.0913. The van der Waals surface area contributed by atoms with Crippen LogP contribution in [-0.2, 0) is 0 Å². The lowest BCUT2D eigenvalue weighted by Crippen LogP contribution is -2.33. The number of aromatic hydroxyl groups is 1. The average Bonchev–Trinajstić information content (AvgIpc) is 2.37. The number of benzene rings is 1. The van der Waals surface area contributed by atoms with E-state index in [1.165, 1.54) is 12.1 Å². The highest BCUT2D eigenvalue weighted by molar-refractivity contribution is 5.97. The number of phenols is 1. The highest BCUT2D eigenvalue weighted by Gasteiger charge is 2.11. The van der Waals surface area contributed by atoms with E-state index in [0.717, 1.165) is 19.4 Å². The summed E-state index contributed by atoms with van der Waals surface area (Å²) in [6.07, 6.45) is 2.08. The van der Waals surface area contributed by atoms with E-state index >= 15 is 0 Å². The number of nitrogens with zero attached hydrogens (tertiary/aromatic N) is 1. The number of carbonyl (C=O) groups is 1. The fraction of sp³-hybridized carbons (Fsp3) is 0.500. The van der Waals surface area contributed by atoms with Crippen molar-refractivity contribution in [3.05, 3.63) is 29.8 Å². The minimum absolute atomic E-state index is 0.0135. The number of aliphatic hydroxyl groups excluding tert-OH is 1. The molecule has 0 unspecified atom stereocenters. The number of carbonyl (C=O) groups excluding carboxylic acids is 1. The Morgan fingerprint density at radius 3 is 2.44 bits per heavy atom. The highest BCUT2D eigenvalue weighted by atomic mass is 16.3. The quantitative estimate of drug-likeness (QED) is 0.690. The predicted molar refractivity (Wildman–Crippen MR) is 70.9 cm³/mol. The van der Waals surface area contributed by atoms with Crippen molar-refractivity contribution >= 4 is 5.78 Å². The zero-order valence-electron chi connectivity index (χ0n) is 10.8. The third kappa shape index (κ3) is 4.85. The minimum atomic E-state index is 0.0135. The molecule has 0 aliphatic rings. The number of unbranched alkanes of at least 4 members (excludes halogenated alkanes) is 1. The van der Waals surface area contributed by atoms with E-state index < -0.39 is 0 Å². The lowest BCUT2D eigenvalue weighted by Gasteiger charge is -2.20. The van der Waals surface area contributed by atoms with Crippen molar-refractivity contribution in [1.82, 2.24) is 4.90 Å². The molecule has 1 aromatic carbocycles. The van der Waals surface area contributed by atoms with E-state index in [2.05, 4.69) is 6.92 Å². The van der Waals surface area contributed by atoms with Crippen LogP contribution in [0.4, 0.5) is 0 Å². The van der Waals surface area contributed by atoms with Crippen LogP contribution in [0.15, 0.2) is 24.3 Å². The number of hydrogen-bond acceptors (Lipinski definition) is 4. The first-order valence-corrected chi connectivity index (χ1v) is 6.32. The molecule has 1 aromatic rings. The molecule has 1 rings (SSSR count). The van der Waals surface area contributed by atoms with Crippen LogP contribution in [0.3, 0.4) is 0 Å². The number of phenolic OH excluding ortho intramolecular Hbond substituents is 1. The van der Waals surface area contributed by atoms with E-state index in [0.29, 0.717) is 18.7 Å². The zero-order chi connectivity index (χ0) is 13.4. The van der Waals surface area contributed by atoms with Gasteiger partial charge < -0.3 is 10.2 Å². The van der Waals surface area contributed by atoms with Gasteiger partial charge in [0, 0.05) is 12.1 Å². The summed E-state index contributed by atoms with van der Waals surface area (Å²) < 4.78 is 0. The number of ketones is 1. The Labute approximate surface area is 108 Å². The fourth-order valence-electron chi connectivity index (χ4n) is 1.73. The second-order valence-electron chi connectivity index (χ2n) is 4.32. The molecule has 0 saturated heterocycles. The third-order valence-electron chi connectivity index (χ3n) is 2.80. The van der Waals surface area contributed by atoms with Crippen molar-refractivity contribution in [3.8, 4) is 5.75 Å². The van der Waals surface area contributed by atoms with Gasteiger partial charge in [-0.05, 0) is 37.2 Å². The van der Waals surface area contributed by atoms with Gasteiger partial charge in [-0.3, -0.25) is 9.69 Å². The molecular weight excluding hydrogens is 230 g/mol. The van der Waals surface area contributed by atoms with Gasteiger partial charge in [0.15, 0.2) is 5.78 Å². The Morgan fingerprint density at radius 1 is 1.22 bits per heavy atom. The molecule has 2 N–H and O–H groups in total. The number of Topliss-reactive ketones (excluding diaryl/α,β-unsaturated/α-hetero) is 1. The van der Waals surface area contributed by atoms with Gasteiger partial charge in [0.2, 0.25) is 0 Å². The highest BCUT2D eigenvalue weighted by Crippen LogP contribution is 2.10. The molecule has 0 aliphatic heterocycles. The molecule has 4 heteroatoms. The second kappa shape index (κ2) is 7.84. The minimum Gasteiger partial charge on any atom is -0.508 e. The van der Waals surface area contributed by atoms with Gasteiger partial charge in [0.1, 0.15) is 5.75 Å². The average molecular weight is 251 g/mol. The number of hydrogen-bond donors (Lipinski definition) is 2. The van der Waals surface area contributed by atoms with E-state index in [-0.39, 0.29) is 18.1 Å². The standard InChI is InChI=1S/C14H21NO3/c1-2-3-8-15(9-10-16)11-14(18)12-4-6-13(17)7-5-12/h4-7,16-17H,2-3,8-11H2,1H3. The van der Waals surface area contributed by atoms with Gasteiger partial charge in [-0.25, -0.2) is 0 Å². The largest absolute Gasteiger partial charge is 0.508 e. The Hall–Kier alpha value is -1.39. The predicted octanol–water partition coefficient (Wildman–Crippen LogP) is 1.67. The molecule has 0 fully saturated rings. The van der Waals surface area contributed by atoms with Crippen molar-refractivity contribution < 1.29 is 15.0 Å². The molecule has 0 atom stereocenters. The first-order valence-electron chi connectivity index (χ1n) is 6.32. The van der Waals surface area contributed by atoms with Gasteiger partial charge in [-0.2, -0.15) is 0 Å². The molecule has 0 spiro atoms. The van der Waals surface area contributed by atoms with Crippen molar-refractivity contribution in [1.29, 1.82) is 0 Å². The number of aliphatic hydroxyl groups is 1. The summed E-state index contributed by atoms with van der Waals surface area (Å²) in [6, 6.07) is 6.26. The molecule has 0 radical (unpaired) electrons. The van der Waals surface area contributed by atoms with Crippen molar-refractivity contribution in [2.45, 2.75) is 19.8 Å². The molecule has 0 heterocycles. The number of rotatable bonds is 8. The molecule has 0 aromatic heterocycles. The maximum absolute atomic E-state index is 12.0. The molecule has 0 saturated carbocycles. The fourth-order valence-corrected chi connectivity index (χ4v) is 1.73. The zero-order valence-corrected chi connectivity index (χ0v) is 10.8. The molecule has 18 heavy (non-hydrogen) atoms. The maximum atomic E-state index is 12.0. The van der Waals surface area contributed by atoms with Crippen LogP contribution in [0.2, 0.25) is 0 Å². The molecule has 4 nitrogen and oxygen atoms in total. The van der Waals surface area contributed by atoms with E-state index in [1.807, 2.05) is 4.90 Å². The Balaban J connectivity index is 2.56. The summed E-state index contributed by atoms with van der Waals surface area (Å²) in [5.74, 6) is 0.171. The van der Waals surface area contributed by atoms with Crippen LogP contribution in [0.1, 0.15) is 30.1 Å². The topological polar surface area (TPSA) is 60.8 Å². The van der Waals surface area contributed by atoms with E-state index in [9.17, 15) is 4.79 Å². The summed E-state index contributed by atoms with van der Waals surface area (Å²) in [5.41, 5.74) is 0.590. The Bertz CT molecular complexity index is 362. The summed E-state index contributed by atoms with van der Waals surface area (Å²) >= 11 is 0. The first kappa shape index (κ1) is 14.7. The van der Waals surface area contributed by atoms with Crippen molar-refractivity contribution in [2.24, 2.45) is 0 Å².